The van der Waals surface area contributed by atoms with Crippen LogP contribution in [0.1, 0.15) is 18.1 Å². The maximum absolute atomic E-state index is 12.3. The van der Waals surface area contributed by atoms with Crippen molar-refractivity contribution in [1.29, 1.82) is 0 Å². The second-order valence-electron chi connectivity index (χ2n) is 6.00. The van der Waals surface area contributed by atoms with Gasteiger partial charge in [0.05, 0.1) is 7.11 Å². The highest BCUT2D eigenvalue weighted by molar-refractivity contribution is 7.99. The molecule has 134 valence electrons. The van der Waals surface area contributed by atoms with E-state index in [2.05, 4.69) is 16.3 Å². The zero-order valence-corrected chi connectivity index (χ0v) is 16.2. The van der Waals surface area contributed by atoms with Gasteiger partial charge in [-0.2, -0.15) is 11.8 Å². The number of benzene rings is 1. The molecule has 0 bridgehead atoms. The molecular weight excluding hydrogens is 354 g/mol. The van der Waals surface area contributed by atoms with E-state index in [-0.39, 0.29) is 5.91 Å². The van der Waals surface area contributed by atoms with Crippen molar-refractivity contribution < 1.29 is 9.53 Å². The molecule has 0 radical (unpaired) electrons. The third kappa shape index (κ3) is 4.16. The van der Waals surface area contributed by atoms with Gasteiger partial charge in [-0.15, -0.1) is 0 Å². The number of hydrogen-bond donors (Lipinski definition) is 1. The van der Waals surface area contributed by atoms with Gasteiger partial charge in [-0.1, -0.05) is 6.07 Å². The average Bonchev–Trinajstić information content (AvgIpc) is 2.89. The number of nitrogens with zero attached hydrogens (tertiary/aromatic N) is 2. The fourth-order valence-electron chi connectivity index (χ4n) is 3.04. The summed E-state index contributed by atoms with van der Waals surface area (Å²) < 4.78 is 5.52. The third-order valence-corrected chi connectivity index (χ3v) is 5.66. The first-order chi connectivity index (χ1) is 12.1. The molecule has 7 heteroatoms. The first-order valence-electron chi connectivity index (χ1n) is 8.44. The molecule has 2 aliphatic rings. The normalized spacial score (nSPS) is 20.2. The summed E-state index contributed by atoms with van der Waals surface area (Å²) in [6, 6.07) is 6.03. The highest BCUT2D eigenvalue weighted by Gasteiger charge is 2.29. The Labute approximate surface area is 158 Å². The summed E-state index contributed by atoms with van der Waals surface area (Å²) in [5, 5.41) is 3.48. The molecule has 0 unspecified atom stereocenters. The lowest BCUT2D eigenvalue weighted by molar-refractivity contribution is -0.122. The summed E-state index contributed by atoms with van der Waals surface area (Å²) in [5.74, 6) is 3.17. The highest BCUT2D eigenvalue weighted by atomic mass is 32.2. The van der Waals surface area contributed by atoms with Crippen molar-refractivity contribution in [2.75, 3.05) is 38.2 Å². The number of ether oxygens (including phenoxy) is 1. The first kappa shape index (κ1) is 18.2. The maximum Gasteiger partial charge on any atom is 0.276 e. The van der Waals surface area contributed by atoms with E-state index in [0.717, 1.165) is 36.5 Å². The van der Waals surface area contributed by atoms with Crippen molar-refractivity contribution in [2.45, 2.75) is 13.5 Å². The number of rotatable bonds is 5. The summed E-state index contributed by atoms with van der Waals surface area (Å²) in [5.41, 5.74) is 2.64. The largest absolute Gasteiger partial charge is 0.496 e. The van der Waals surface area contributed by atoms with Crippen molar-refractivity contribution in [3.05, 3.63) is 35.0 Å². The lowest BCUT2D eigenvalue weighted by Gasteiger charge is -2.26. The number of carbonyl (C=O) groups excluding carboxylic acids is 1. The minimum Gasteiger partial charge on any atom is -0.496 e. The Morgan fingerprint density at radius 1 is 1.36 bits per heavy atom. The second kappa shape index (κ2) is 8.21. The minimum atomic E-state index is -0.0714. The number of carbonyl (C=O) groups is 1. The van der Waals surface area contributed by atoms with Crippen LogP contribution in [0.4, 0.5) is 0 Å². The fraction of sp³-hybridized carbons (Fsp3) is 0.444. The second-order valence-corrected chi connectivity index (χ2v) is 7.61. The topological polar surface area (TPSA) is 44.8 Å². The Balaban J connectivity index is 1.82. The molecule has 1 aromatic carbocycles. The minimum absolute atomic E-state index is 0.0714. The van der Waals surface area contributed by atoms with Crippen LogP contribution in [-0.2, 0) is 11.3 Å². The Morgan fingerprint density at radius 2 is 2.12 bits per heavy atom. The number of thiocarbonyl (C=S) groups is 1. The summed E-state index contributed by atoms with van der Waals surface area (Å²) >= 11 is 7.21. The van der Waals surface area contributed by atoms with Gasteiger partial charge < -0.3 is 10.1 Å². The van der Waals surface area contributed by atoms with Crippen LogP contribution in [0.25, 0.3) is 6.08 Å². The molecule has 1 aromatic rings. The molecule has 0 aromatic heterocycles. The van der Waals surface area contributed by atoms with Gasteiger partial charge >= 0.3 is 0 Å². The van der Waals surface area contributed by atoms with Crippen LogP contribution >= 0.6 is 24.0 Å². The molecule has 0 aliphatic carbocycles. The maximum atomic E-state index is 12.3. The van der Waals surface area contributed by atoms with Gasteiger partial charge in [-0.3, -0.25) is 14.6 Å². The van der Waals surface area contributed by atoms with E-state index in [1.807, 2.05) is 36.9 Å². The van der Waals surface area contributed by atoms with Crippen molar-refractivity contribution in [3.8, 4) is 5.75 Å². The lowest BCUT2D eigenvalue weighted by Crippen LogP contribution is -2.32. The Kier molecular flexibility index (Phi) is 5.98. The molecule has 2 saturated heterocycles. The number of hydrogen-bond acceptors (Lipinski definition) is 5. The Hall–Kier alpha value is -1.57. The molecule has 0 spiro atoms. The van der Waals surface area contributed by atoms with E-state index in [1.54, 1.807) is 12.0 Å². The summed E-state index contributed by atoms with van der Waals surface area (Å²) in [6.45, 7) is 5.54. The SMILES string of the molecule is CCN1C(=O)/C(=C\c2ccc(OC)c(CN3CCSCC3)c2)NC1=S. The average molecular weight is 378 g/mol. The van der Waals surface area contributed by atoms with Crippen molar-refractivity contribution in [1.82, 2.24) is 15.1 Å². The van der Waals surface area contributed by atoms with Crippen LogP contribution in [0.15, 0.2) is 23.9 Å². The molecule has 1 amide bonds. The van der Waals surface area contributed by atoms with Crippen molar-refractivity contribution in [3.63, 3.8) is 0 Å². The molecule has 1 N–H and O–H groups in total. The summed E-state index contributed by atoms with van der Waals surface area (Å²) in [7, 11) is 1.70. The zero-order chi connectivity index (χ0) is 17.8. The quantitative estimate of drug-likeness (QED) is 0.628. The molecule has 5 nitrogen and oxygen atoms in total. The van der Waals surface area contributed by atoms with E-state index in [4.69, 9.17) is 17.0 Å². The standard InChI is InChI=1S/C18H23N3O2S2/c1-3-21-17(22)15(19-18(21)24)11-13-4-5-16(23-2)14(10-13)12-20-6-8-25-9-7-20/h4-5,10-11H,3,6-9,12H2,1-2H3,(H,19,24)/b15-11+. The van der Waals surface area contributed by atoms with Gasteiger partial charge in [0.25, 0.3) is 5.91 Å². The monoisotopic (exact) mass is 377 g/mol. The van der Waals surface area contributed by atoms with Crippen LogP contribution in [0.3, 0.4) is 0 Å². The molecular formula is C18H23N3O2S2. The molecule has 0 saturated carbocycles. The number of nitrogens with one attached hydrogen (secondary N) is 1. The molecule has 25 heavy (non-hydrogen) atoms. The number of likely N-dealkylation sites (N-methyl/N-ethyl adjacent to an activating group) is 1. The van der Waals surface area contributed by atoms with Crippen LogP contribution in [0.5, 0.6) is 5.75 Å². The van der Waals surface area contributed by atoms with Gasteiger partial charge in [0, 0.05) is 43.2 Å². The van der Waals surface area contributed by atoms with Crippen LogP contribution in [0.2, 0.25) is 0 Å². The van der Waals surface area contributed by atoms with E-state index < -0.39 is 0 Å². The molecule has 2 heterocycles. The highest BCUT2D eigenvalue weighted by Crippen LogP contribution is 2.25. The van der Waals surface area contributed by atoms with Gasteiger partial charge in [0.2, 0.25) is 0 Å². The van der Waals surface area contributed by atoms with Gasteiger partial charge in [-0.25, -0.2) is 0 Å². The van der Waals surface area contributed by atoms with Crippen molar-refractivity contribution in [2.24, 2.45) is 0 Å². The predicted molar refractivity (Wildman–Crippen MR) is 107 cm³/mol. The van der Waals surface area contributed by atoms with E-state index in [9.17, 15) is 4.79 Å². The van der Waals surface area contributed by atoms with Crippen molar-refractivity contribution >= 4 is 41.1 Å². The zero-order valence-electron chi connectivity index (χ0n) is 14.6. The van der Waals surface area contributed by atoms with Gasteiger partial charge in [0.1, 0.15) is 11.4 Å². The number of thioether (sulfide) groups is 1. The molecule has 2 fully saturated rings. The van der Waals surface area contributed by atoms with Crippen LogP contribution < -0.4 is 10.1 Å². The molecule has 2 aliphatic heterocycles. The third-order valence-electron chi connectivity index (χ3n) is 4.39. The van der Waals surface area contributed by atoms with Gasteiger partial charge in [-0.05, 0) is 42.9 Å². The van der Waals surface area contributed by atoms with E-state index in [1.165, 1.54) is 11.5 Å². The Bertz CT molecular complexity index is 700. The number of amides is 1. The summed E-state index contributed by atoms with van der Waals surface area (Å²) in [6.07, 6.45) is 1.86. The van der Waals surface area contributed by atoms with Gasteiger partial charge in [0.15, 0.2) is 5.11 Å². The van der Waals surface area contributed by atoms with Crippen LogP contribution in [0, 0.1) is 0 Å². The lowest BCUT2D eigenvalue weighted by atomic mass is 10.1. The van der Waals surface area contributed by atoms with E-state index in [0.29, 0.717) is 17.4 Å². The predicted octanol–water partition coefficient (Wildman–Crippen LogP) is 2.32. The Morgan fingerprint density at radius 3 is 2.76 bits per heavy atom. The summed E-state index contributed by atoms with van der Waals surface area (Å²) in [4.78, 5) is 16.4. The number of methoxy groups -OCH3 is 1. The van der Waals surface area contributed by atoms with E-state index >= 15 is 0 Å². The molecule has 0 atom stereocenters. The fourth-order valence-corrected chi connectivity index (χ4v) is 4.34. The molecule has 3 rings (SSSR count). The van der Waals surface area contributed by atoms with Crippen LogP contribution in [-0.4, -0.2) is 59.1 Å². The smallest absolute Gasteiger partial charge is 0.276 e. The first-order valence-corrected chi connectivity index (χ1v) is 10.00.